The number of halogens is 1. The molecule has 0 spiro atoms. The SMILES string of the molecule is COCC(=O)Nc1ccc(N2C(=S)NC(c3ccccn3)C2c2cc(C)n(-c3ccccc3F)c2C)cc1C. The van der Waals surface area contributed by atoms with E-state index in [4.69, 9.17) is 17.0 Å². The number of carbonyl (C=O) groups is 1. The Balaban J connectivity index is 1.62. The summed E-state index contributed by atoms with van der Waals surface area (Å²) in [6, 6.07) is 20.0. The summed E-state index contributed by atoms with van der Waals surface area (Å²) in [5, 5.41) is 6.92. The quantitative estimate of drug-likeness (QED) is 0.292. The van der Waals surface area contributed by atoms with Crippen LogP contribution in [-0.4, -0.2) is 34.3 Å². The Kier molecular flexibility index (Phi) is 7.45. The number of amides is 1. The zero-order valence-electron chi connectivity index (χ0n) is 22.2. The zero-order valence-corrected chi connectivity index (χ0v) is 23.1. The minimum atomic E-state index is -0.286. The van der Waals surface area contributed by atoms with Crippen LogP contribution in [0.2, 0.25) is 0 Å². The van der Waals surface area contributed by atoms with Gasteiger partial charge in [-0.2, -0.15) is 0 Å². The van der Waals surface area contributed by atoms with E-state index in [0.29, 0.717) is 16.5 Å². The molecule has 0 aliphatic carbocycles. The van der Waals surface area contributed by atoms with Gasteiger partial charge in [-0.05, 0) is 92.6 Å². The Hall–Kier alpha value is -4.08. The van der Waals surface area contributed by atoms with Gasteiger partial charge in [0.1, 0.15) is 12.4 Å². The fourth-order valence-electron chi connectivity index (χ4n) is 5.30. The molecule has 2 N–H and O–H groups in total. The molecule has 1 aliphatic rings. The largest absolute Gasteiger partial charge is 0.375 e. The van der Waals surface area contributed by atoms with Gasteiger partial charge in [0, 0.05) is 36.1 Å². The molecule has 2 aromatic carbocycles. The lowest BCUT2D eigenvalue weighted by molar-refractivity contribution is -0.119. The second kappa shape index (κ2) is 11.0. The number of para-hydroxylation sites is 1. The number of pyridine rings is 1. The molecule has 7 nitrogen and oxygen atoms in total. The van der Waals surface area contributed by atoms with E-state index in [0.717, 1.165) is 33.9 Å². The van der Waals surface area contributed by atoms with Gasteiger partial charge in [-0.25, -0.2) is 4.39 Å². The van der Waals surface area contributed by atoms with Crippen molar-refractivity contribution in [3.63, 3.8) is 0 Å². The first-order valence-corrected chi connectivity index (χ1v) is 13.0. The summed E-state index contributed by atoms with van der Waals surface area (Å²) in [6.45, 7) is 5.90. The first-order valence-electron chi connectivity index (χ1n) is 12.6. The highest BCUT2D eigenvalue weighted by atomic mass is 32.1. The number of hydrogen-bond acceptors (Lipinski definition) is 4. The van der Waals surface area contributed by atoms with E-state index < -0.39 is 0 Å². The summed E-state index contributed by atoms with van der Waals surface area (Å²) in [5.41, 5.74) is 6.65. The maximum Gasteiger partial charge on any atom is 0.250 e. The summed E-state index contributed by atoms with van der Waals surface area (Å²) >= 11 is 5.89. The molecule has 200 valence electrons. The van der Waals surface area contributed by atoms with Crippen molar-refractivity contribution in [1.29, 1.82) is 0 Å². The van der Waals surface area contributed by atoms with E-state index in [1.54, 1.807) is 18.3 Å². The molecule has 1 aliphatic heterocycles. The van der Waals surface area contributed by atoms with Gasteiger partial charge in [0.05, 0.1) is 23.5 Å². The number of nitrogens with zero attached hydrogens (tertiary/aromatic N) is 3. The predicted molar refractivity (Wildman–Crippen MR) is 155 cm³/mol. The smallest absolute Gasteiger partial charge is 0.250 e. The fraction of sp³-hybridized carbons (Fsp3) is 0.233. The van der Waals surface area contributed by atoms with E-state index >= 15 is 0 Å². The molecule has 2 atom stereocenters. The topological polar surface area (TPSA) is 71.4 Å². The van der Waals surface area contributed by atoms with Crippen LogP contribution in [0.1, 0.15) is 40.3 Å². The Bertz CT molecular complexity index is 1540. The number of rotatable bonds is 7. The molecule has 9 heteroatoms. The second-order valence-corrected chi connectivity index (χ2v) is 9.98. The van der Waals surface area contributed by atoms with Crippen LogP contribution in [0.25, 0.3) is 5.69 Å². The van der Waals surface area contributed by atoms with Crippen molar-refractivity contribution >= 4 is 34.6 Å². The minimum absolute atomic E-state index is 0.0211. The van der Waals surface area contributed by atoms with Crippen molar-refractivity contribution in [3.8, 4) is 5.69 Å². The van der Waals surface area contributed by atoms with Gasteiger partial charge in [0.2, 0.25) is 5.91 Å². The van der Waals surface area contributed by atoms with E-state index in [1.807, 2.05) is 67.8 Å². The normalized spacial score (nSPS) is 16.8. The highest BCUT2D eigenvalue weighted by molar-refractivity contribution is 7.80. The molecular formula is C30H30FN5O2S. The van der Waals surface area contributed by atoms with Gasteiger partial charge in [-0.15, -0.1) is 0 Å². The maximum atomic E-state index is 14.9. The summed E-state index contributed by atoms with van der Waals surface area (Å²) < 4.78 is 21.8. The molecule has 1 fully saturated rings. The number of ether oxygens (including phenoxy) is 1. The summed E-state index contributed by atoms with van der Waals surface area (Å²) in [4.78, 5) is 18.8. The van der Waals surface area contributed by atoms with Gasteiger partial charge >= 0.3 is 0 Å². The Morgan fingerprint density at radius 2 is 1.87 bits per heavy atom. The highest BCUT2D eigenvalue weighted by Crippen LogP contribution is 2.44. The summed E-state index contributed by atoms with van der Waals surface area (Å²) in [5.74, 6) is -0.508. The summed E-state index contributed by atoms with van der Waals surface area (Å²) in [7, 11) is 1.48. The number of methoxy groups -OCH3 is 1. The molecule has 2 unspecified atom stereocenters. The molecule has 5 rings (SSSR count). The van der Waals surface area contributed by atoms with Crippen molar-refractivity contribution in [3.05, 3.63) is 107 Å². The number of aryl methyl sites for hydroxylation is 2. The lowest BCUT2D eigenvalue weighted by atomic mass is 9.96. The summed E-state index contributed by atoms with van der Waals surface area (Å²) in [6.07, 6.45) is 1.77. The lowest BCUT2D eigenvalue weighted by Crippen LogP contribution is -2.29. The average molecular weight is 544 g/mol. The first-order chi connectivity index (χ1) is 18.8. The van der Waals surface area contributed by atoms with Crippen molar-refractivity contribution in [2.45, 2.75) is 32.9 Å². The first kappa shape index (κ1) is 26.5. The molecule has 4 aromatic rings. The minimum Gasteiger partial charge on any atom is -0.375 e. The van der Waals surface area contributed by atoms with Crippen LogP contribution in [0.3, 0.4) is 0 Å². The third-order valence-electron chi connectivity index (χ3n) is 7.02. The number of thiocarbonyl (C=S) groups is 1. The van der Waals surface area contributed by atoms with Crippen LogP contribution < -0.4 is 15.5 Å². The molecular weight excluding hydrogens is 513 g/mol. The number of anilines is 2. The standard InChI is InChI=1S/C30H30FN5O2S/c1-18-15-21(12-13-24(18)33-27(37)17-38-4)36-29(28(34-30(36)39)25-10-7-8-14-32-25)22-16-19(2)35(20(22)3)26-11-6-5-9-23(26)31/h5-16,28-29H,17H2,1-4H3,(H,33,37)(H,34,39). The Morgan fingerprint density at radius 1 is 1.10 bits per heavy atom. The van der Waals surface area contributed by atoms with Crippen molar-refractivity contribution in [1.82, 2.24) is 14.9 Å². The molecule has 2 aromatic heterocycles. The van der Waals surface area contributed by atoms with Gasteiger partial charge in [-0.3, -0.25) is 9.78 Å². The van der Waals surface area contributed by atoms with E-state index in [1.165, 1.54) is 13.2 Å². The number of aromatic nitrogens is 2. The van der Waals surface area contributed by atoms with Crippen LogP contribution >= 0.6 is 12.2 Å². The predicted octanol–water partition coefficient (Wildman–Crippen LogP) is 5.70. The van der Waals surface area contributed by atoms with Crippen LogP contribution in [-0.2, 0) is 9.53 Å². The molecule has 1 amide bonds. The maximum absolute atomic E-state index is 14.9. The molecule has 3 heterocycles. The third kappa shape index (κ3) is 5.03. The van der Waals surface area contributed by atoms with Crippen LogP contribution in [0.4, 0.5) is 15.8 Å². The van der Waals surface area contributed by atoms with Gasteiger partial charge in [-0.1, -0.05) is 18.2 Å². The third-order valence-corrected chi connectivity index (χ3v) is 7.33. The number of benzene rings is 2. The van der Waals surface area contributed by atoms with Crippen molar-refractivity contribution < 1.29 is 13.9 Å². The van der Waals surface area contributed by atoms with Crippen LogP contribution in [0, 0.1) is 26.6 Å². The Morgan fingerprint density at radius 3 is 2.56 bits per heavy atom. The van der Waals surface area contributed by atoms with E-state index in [2.05, 4.69) is 26.6 Å². The van der Waals surface area contributed by atoms with Gasteiger partial charge < -0.3 is 24.8 Å². The van der Waals surface area contributed by atoms with Crippen LogP contribution in [0.15, 0.2) is 72.9 Å². The highest BCUT2D eigenvalue weighted by Gasteiger charge is 2.42. The van der Waals surface area contributed by atoms with Gasteiger partial charge in [0.25, 0.3) is 0 Å². The monoisotopic (exact) mass is 543 g/mol. The van der Waals surface area contributed by atoms with Gasteiger partial charge in [0.15, 0.2) is 5.11 Å². The van der Waals surface area contributed by atoms with Crippen LogP contribution in [0.5, 0.6) is 0 Å². The molecule has 1 saturated heterocycles. The van der Waals surface area contributed by atoms with E-state index in [-0.39, 0.29) is 30.4 Å². The van der Waals surface area contributed by atoms with Crippen molar-refractivity contribution in [2.75, 3.05) is 23.9 Å². The van der Waals surface area contributed by atoms with E-state index in [9.17, 15) is 9.18 Å². The Labute approximate surface area is 232 Å². The average Bonchev–Trinajstić information content (AvgIpc) is 3.41. The molecule has 0 radical (unpaired) electrons. The molecule has 0 bridgehead atoms. The number of nitrogens with one attached hydrogen (secondary N) is 2. The van der Waals surface area contributed by atoms with Crippen molar-refractivity contribution in [2.24, 2.45) is 0 Å². The lowest BCUT2D eigenvalue weighted by Gasteiger charge is -2.29. The molecule has 0 saturated carbocycles. The number of hydrogen-bond donors (Lipinski definition) is 2. The molecule has 39 heavy (non-hydrogen) atoms. The number of carbonyl (C=O) groups excluding carboxylic acids is 1. The zero-order chi connectivity index (χ0) is 27.7. The second-order valence-electron chi connectivity index (χ2n) is 9.59. The fourth-order valence-corrected chi connectivity index (χ4v) is 5.64.